The first-order valence-electron chi connectivity index (χ1n) is 14.5. The molecule has 0 saturated heterocycles. The van der Waals surface area contributed by atoms with Gasteiger partial charge in [0.2, 0.25) is 5.91 Å². The molecule has 6 rings (SSSR count). The average molecular weight is 653 g/mol. The van der Waals surface area contributed by atoms with E-state index in [9.17, 15) is 9.59 Å². The molecule has 0 saturated carbocycles. The molecule has 0 aliphatic heterocycles. The smallest absolute Gasteiger partial charge is 0.297 e. The summed E-state index contributed by atoms with van der Waals surface area (Å²) in [7, 11) is 0. The van der Waals surface area contributed by atoms with Gasteiger partial charge in [-0.05, 0) is 37.1 Å². The van der Waals surface area contributed by atoms with Crippen LogP contribution >= 0.6 is 0 Å². The number of aromatic nitrogens is 6. The van der Waals surface area contributed by atoms with Crippen LogP contribution in [-0.2, 0) is 9.59 Å². The van der Waals surface area contributed by atoms with Crippen LogP contribution in [0.25, 0.3) is 66.2 Å². The molecule has 6 aromatic rings. The number of H-pyrrole nitrogens is 2. The molecule has 0 aliphatic carbocycles. The van der Waals surface area contributed by atoms with Gasteiger partial charge in [-0.3, -0.25) is 9.59 Å². The summed E-state index contributed by atoms with van der Waals surface area (Å²) in [6.07, 6.45) is 5.99. The number of benzene rings is 2. The normalized spacial score (nSPS) is 10.6. The molecule has 4 aromatic heterocycles. The predicted octanol–water partition coefficient (Wildman–Crippen LogP) is 4.81. The number of fused-ring (bicyclic) bond motifs is 2. The Bertz CT molecular complexity index is 2280. The fraction of sp³-hybridized carbons (Fsp3) is 0.0857. The molecule has 0 radical (unpaired) electrons. The van der Waals surface area contributed by atoms with Crippen LogP contribution in [0, 0.1) is 27.0 Å². The van der Waals surface area contributed by atoms with E-state index in [0.717, 1.165) is 44.5 Å². The van der Waals surface area contributed by atoms with Crippen molar-refractivity contribution >= 4 is 57.7 Å². The first kappa shape index (κ1) is 34.6. The maximum absolute atomic E-state index is 11.4. The summed E-state index contributed by atoms with van der Waals surface area (Å²) in [5.74, 6) is -0.567. The fourth-order valence-electron chi connectivity index (χ4n) is 4.80. The highest BCUT2D eigenvalue weighted by Crippen LogP contribution is 2.36. The predicted molar refractivity (Wildman–Crippen MR) is 191 cm³/mol. The van der Waals surface area contributed by atoms with E-state index in [1.165, 1.54) is 24.3 Å². The number of anilines is 2. The van der Waals surface area contributed by atoms with Crippen molar-refractivity contribution in [2.75, 3.05) is 18.0 Å². The minimum atomic E-state index is -0.794. The lowest BCUT2D eigenvalue weighted by Gasteiger charge is -2.04. The Kier molecular flexibility index (Phi) is 10.8. The highest BCUT2D eigenvalue weighted by Gasteiger charge is 2.18. The zero-order chi connectivity index (χ0) is 35.7. The molecular formula is C35H32N12O2. The van der Waals surface area contributed by atoms with Crippen molar-refractivity contribution < 1.29 is 9.59 Å². The molecule has 0 aliphatic rings. The molecule has 0 unspecified atom stereocenters. The monoisotopic (exact) mass is 652 g/mol. The second kappa shape index (κ2) is 15.3. The number of nitrogens with two attached hydrogens (primary N) is 4. The number of hydrogen-bond donors (Lipinski definition) is 6. The summed E-state index contributed by atoms with van der Waals surface area (Å²) >= 11 is 0. The van der Waals surface area contributed by atoms with E-state index >= 15 is 0 Å². The van der Waals surface area contributed by atoms with Crippen molar-refractivity contribution in [1.29, 1.82) is 0 Å². The number of nitrogens with one attached hydrogen (secondary N) is 2. The van der Waals surface area contributed by atoms with E-state index in [1.54, 1.807) is 6.08 Å². The van der Waals surface area contributed by atoms with Gasteiger partial charge in [-0.1, -0.05) is 66.2 Å². The first-order valence-corrected chi connectivity index (χ1v) is 14.5. The maximum atomic E-state index is 11.4. The molecule has 14 heteroatoms. The SMILES string of the molecule is C=Cc1[nH]c2ncnc(N)c2c1-c1ccc(C)cc1.[C-]#[N+]/C(=C\c1[nH]c2ncnc(N)c2c1-c1ccc(C)cc1)C(N)=O.[C-]#[N+]CC(N)=O. The molecule has 0 fully saturated rings. The highest BCUT2D eigenvalue weighted by atomic mass is 16.1. The van der Waals surface area contributed by atoms with Gasteiger partial charge < -0.3 is 37.7 Å². The quantitative estimate of drug-likeness (QED) is 0.108. The van der Waals surface area contributed by atoms with Gasteiger partial charge in [-0.15, -0.1) is 0 Å². The topological polar surface area (TPSA) is 230 Å². The first-order chi connectivity index (χ1) is 23.5. The minimum Gasteiger partial charge on any atom is -0.383 e. The Morgan fingerprint density at radius 2 is 1.22 bits per heavy atom. The Labute approximate surface area is 281 Å². The largest absolute Gasteiger partial charge is 0.383 e. The summed E-state index contributed by atoms with van der Waals surface area (Å²) in [6.45, 7) is 20.9. The Morgan fingerprint density at radius 1 is 0.776 bits per heavy atom. The van der Waals surface area contributed by atoms with E-state index in [2.05, 4.69) is 83.1 Å². The summed E-state index contributed by atoms with van der Waals surface area (Å²) in [4.78, 5) is 49.7. The van der Waals surface area contributed by atoms with Crippen LogP contribution in [0.5, 0.6) is 0 Å². The van der Waals surface area contributed by atoms with E-state index in [-0.39, 0.29) is 12.2 Å². The molecule has 10 N–H and O–H groups in total. The third-order valence-electron chi connectivity index (χ3n) is 7.07. The highest BCUT2D eigenvalue weighted by molar-refractivity contribution is 6.07. The third kappa shape index (κ3) is 7.92. The summed E-state index contributed by atoms with van der Waals surface area (Å²) in [5, 5.41) is 1.49. The number of amides is 2. The second-order valence-electron chi connectivity index (χ2n) is 10.5. The third-order valence-corrected chi connectivity index (χ3v) is 7.07. The maximum Gasteiger partial charge on any atom is 0.297 e. The number of rotatable bonds is 6. The summed E-state index contributed by atoms with van der Waals surface area (Å²) in [5.41, 5.74) is 30.3. The van der Waals surface area contributed by atoms with Gasteiger partial charge in [0.25, 0.3) is 18.1 Å². The number of nitrogens with zero attached hydrogens (tertiary/aromatic N) is 6. The van der Waals surface area contributed by atoms with Crippen molar-refractivity contribution in [2.24, 2.45) is 11.5 Å². The minimum absolute atomic E-state index is 0.179. The van der Waals surface area contributed by atoms with Crippen molar-refractivity contribution in [3.05, 3.63) is 119 Å². The van der Waals surface area contributed by atoms with Crippen LogP contribution in [0.15, 0.2) is 73.5 Å². The number of carbonyl (C=O) groups excluding carboxylic acids is 2. The standard InChI is InChI=1S/C17H14N6O.C15H14N4.C3H4N2O/c1-9-3-5-10(6-4-9)13-11(7-12(20-2)16(19)24)23-17-14(13)15(18)21-8-22-17;1-3-11-12(10-6-4-9(2)5-7-10)13-14(16)17-8-18-15(13)19-11;1-5-2-3(4)6/h3-8H,1H3,(H2,19,24)(H3,18,21,22,23);3-8H,1H2,2H3,(H3,16,17,18,19);2H2,(H2,4,6)/b12-7-;;. The van der Waals surface area contributed by atoms with E-state index in [0.29, 0.717) is 28.4 Å². The summed E-state index contributed by atoms with van der Waals surface area (Å²) in [6, 6.07) is 16.1. The van der Waals surface area contributed by atoms with Gasteiger partial charge in [0.15, 0.2) is 0 Å². The van der Waals surface area contributed by atoms with E-state index in [4.69, 9.17) is 30.3 Å². The number of nitrogen functional groups attached to an aromatic ring is 2. The average Bonchev–Trinajstić information content (AvgIpc) is 3.65. The molecule has 14 nitrogen and oxygen atoms in total. The lowest BCUT2D eigenvalue weighted by atomic mass is 10.0. The molecule has 0 atom stereocenters. The van der Waals surface area contributed by atoms with Crippen LogP contribution < -0.4 is 22.9 Å². The van der Waals surface area contributed by atoms with Crippen molar-refractivity contribution in [2.45, 2.75) is 13.8 Å². The van der Waals surface area contributed by atoms with Gasteiger partial charge >= 0.3 is 0 Å². The number of primary amides is 2. The lowest BCUT2D eigenvalue weighted by molar-refractivity contribution is -0.116. The van der Waals surface area contributed by atoms with Gasteiger partial charge in [-0.25, -0.2) is 31.4 Å². The Morgan fingerprint density at radius 3 is 1.59 bits per heavy atom. The molecule has 0 bridgehead atoms. The number of hydrogen-bond acceptors (Lipinski definition) is 8. The number of carbonyl (C=O) groups is 2. The Balaban J connectivity index is 0.000000193. The van der Waals surface area contributed by atoms with Crippen LogP contribution in [0.3, 0.4) is 0 Å². The number of aromatic amines is 2. The van der Waals surface area contributed by atoms with Gasteiger partial charge in [0.1, 0.15) is 35.6 Å². The van der Waals surface area contributed by atoms with Crippen molar-refractivity contribution in [3.8, 4) is 22.3 Å². The summed E-state index contributed by atoms with van der Waals surface area (Å²) < 4.78 is 0. The number of aryl methyl sites for hydroxylation is 2. The van der Waals surface area contributed by atoms with Gasteiger partial charge in [0, 0.05) is 22.5 Å². The molecule has 2 aromatic carbocycles. The molecule has 244 valence electrons. The van der Waals surface area contributed by atoms with Gasteiger partial charge in [0.05, 0.1) is 17.3 Å². The second-order valence-corrected chi connectivity index (χ2v) is 10.5. The Hall–Kier alpha value is -7.32. The molecule has 4 heterocycles. The van der Waals surface area contributed by atoms with Crippen LogP contribution in [-0.4, -0.2) is 48.3 Å². The van der Waals surface area contributed by atoms with Crippen LogP contribution in [0.2, 0.25) is 0 Å². The van der Waals surface area contributed by atoms with E-state index < -0.39 is 11.8 Å². The molecule has 0 spiro atoms. The molecular weight excluding hydrogens is 620 g/mol. The van der Waals surface area contributed by atoms with Gasteiger partial charge in [-0.2, -0.15) is 0 Å². The zero-order valence-corrected chi connectivity index (χ0v) is 26.7. The van der Waals surface area contributed by atoms with Crippen molar-refractivity contribution in [1.82, 2.24) is 29.9 Å². The van der Waals surface area contributed by atoms with E-state index in [1.807, 2.05) is 31.2 Å². The fourth-order valence-corrected chi connectivity index (χ4v) is 4.80. The van der Waals surface area contributed by atoms with Crippen LogP contribution in [0.4, 0.5) is 11.6 Å². The zero-order valence-electron chi connectivity index (χ0n) is 26.7. The molecule has 49 heavy (non-hydrogen) atoms. The van der Waals surface area contributed by atoms with Crippen molar-refractivity contribution in [3.63, 3.8) is 0 Å². The van der Waals surface area contributed by atoms with Crippen LogP contribution in [0.1, 0.15) is 22.5 Å². The molecule has 2 amide bonds. The lowest BCUT2D eigenvalue weighted by Crippen LogP contribution is -2.12.